The molecule has 1 aromatic heterocycles. The molecule has 0 saturated carbocycles. The Balaban J connectivity index is 2.46. The summed E-state index contributed by atoms with van der Waals surface area (Å²) < 4.78 is 45.0. The van der Waals surface area contributed by atoms with E-state index in [-0.39, 0.29) is 16.7 Å². The Morgan fingerprint density at radius 1 is 1.22 bits per heavy atom. The van der Waals surface area contributed by atoms with Gasteiger partial charge in [-0.3, -0.25) is 0 Å². The van der Waals surface area contributed by atoms with Crippen LogP contribution in [0.3, 0.4) is 0 Å². The van der Waals surface area contributed by atoms with Crippen molar-refractivity contribution >= 4 is 11.6 Å². The van der Waals surface area contributed by atoms with Gasteiger partial charge in [0.2, 0.25) is 22.7 Å². The minimum Gasteiger partial charge on any atom is -0.433 e. The highest BCUT2D eigenvalue weighted by Crippen LogP contribution is 2.30. The van der Waals surface area contributed by atoms with Crippen LogP contribution >= 0.6 is 11.6 Å². The Morgan fingerprint density at radius 2 is 1.94 bits per heavy atom. The van der Waals surface area contributed by atoms with E-state index in [1.165, 1.54) is 19.2 Å². The zero-order valence-electron chi connectivity index (χ0n) is 9.05. The Hall–Kier alpha value is -1.82. The molecule has 94 valence electrons. The first-order valence-electron chi connectivity index (χ1n) is 4.79. The van der Waals surface area contributed by atoms with Gasteiger partial charge in [0, 0.05) is 12.3 Å². The van der Waals surface area contributed by atoms with Crippen molar-refractivity contribution in [3.8, 4) is 11.6 Å². The third-order valence-electron chi connectivity index (χ3n) is 2.11. The quantitative estimate of drug-likeness (QED) is 0.619. The number of aromatic nitrogens is 2. The molecule has 18 heavy (non-hydrogen) atoms. The summed E-state index contributed by atoms with van der Waals surface area (Å²) in [6, 6.07) is 1.98. The minimum atomic E-state index is -1.42. The van der Waals surface area contributed by atoms with Crippen molar-refractivity contribution in [1.29, 1.82) is 0 Å². The molecule has 0 spiro atoms. The normalized spacial score (nSPS) is 10.5. The third kappa shape index (κ3) is 2.38. The number of nitrogens with zero attached hydrogens (tertiary/aromatic N) is 2. The van der Waals surface area contributed by atoms with Crippen molar-refractivity contribution in [3.63, 3.8) is 0 Å². The summed E-state index contributed by atoms with van der Waals surface area (Å²) in [6.45, 7) is 1.29. The molecule has 0 saturated heterocycles. The van der Waals surface area contributed by atoms with Crippen LogP contribution in [0.25, 0.3) is 0 Å². The molecule has 7 heteroatoms. The minimum absolute atomic E-state index is 0.0796. The molecule has 0 aliphatic carbocycles. The van der Waals surface area contributed by atoms with Gasteiger partial charge in [0.05, 0.1) is 0 Å². The zero-order chi connectivity index (χ0) is 13.3. The smallest absolute Gasteiger partial charge is 0.225 e. The van der Waals surface area contributed by atoms with E-state index in [1.54, 1.807) is 0 Å². The third-order valence-corrected chi connectivity index (χ3v) is 2.29. The number of aryl methyl sites for hydroxylation is 1. The topological polar surface area (TPSA) is 35.0 Å². The monoisotopic (exact) mass is 274 g/mol. The van der Waals surface area contributed by atoms with Crippen LogP contribution in [0, 0.1) is 24.4 Å². The highest BCUT2D eigenvalue weighted by molar-refractivity contribution is 6.28. The van der Waals surface area contributed by atoms with E-state index in [1.807, 2.05) is 0 Å². The summed E-state index contributed by atoms with van der Waals surface area (Å²) in [7, 11) is 0. The number of hydrogen-bond donors (Lipinski definition) is 0. The van der Waals surface area contributed by atoms with Gasteiger partial charge in [-0.1, -0.05) is 0 Å². The standard InChI is InChI=1S/C11H6ClF3N2O/c1-5-4-6(13)9(15)10(8(5)14)18-7-2-3-16-11(12)17-7/h2-4H,1H3. The predicted molar refractivity (Wildman–Crippen MR) is 58.2 cm³/mol. The maximum absolute atomic E-state index is 13.6. The van der Waals surface area contributed by atoms with Gasteiger partial charge in [0.15, 0.2) is 11.6 Å². The molecule has 0 radical (unpaired) electrons. The van der Waals surface area contributed by atoms with Crippen LogP contribution in [0.15, 0.2) is 18.3 Å². The summed E-state index contributed by atoms with van der Waals surface area (Å²) in [5, 5.41) is -0.151. The lowest BCUT2D eigenvalue weighted by Gasteiger charge is -2.09. The lowest BCUT2D eigenvalue weighted by atomic mass is 10.2. The highest BCUT2D eigenvalue weighted by Gasteiger charge is 2.19. The first-order chi connectivity index (χ1) is 8.49. The molecular weight excluding hydrogens is 269 g/mol. The van der Waals surface area contributed by atoms with Crippen molar-refractivity contribution in [2.75, 3.05) is 0 Å². The van der Waals surface area contributed by atoms with Gasteiger partial charge in [-0.2, -0.15) is 9.37 Å². The lowest BCUT2D eigenvalue weighted by molar-refractivity contribution is 0.375. The molecule has 2 aromatic rings. The fourth-order valence-corrected chi connectivity index (χ4v) is 1.41. The second kappa shape index (κ2) is 4.81. The Bertz CT molecular complexity index is 581. The van der Waals surface area contributed by atoms with E-state index in [4.69, 9.17) is 16.3 Å². The number of hydrogen-bond acceptors (Lipinski definition) is 3. The maximum Gasteiger partial charge on any atom is 0.225 e. The number of ether oxygens (including phenoxy) is 1. The average molecular weight is 275 g/mol. The predicted octanol–water partition coefficient (Wildman–Crippen LogP) is 3.65. The lowest BCUT2D eigenvalue weighted by Crippen LogP contribution is -2.00. The number of rotatable bonds is 2. The molecular formula is C11H6ClF3N2O. The molecule has 0 unspecified atom stereocenters. The average Bonchev–Trinajstić information content (AvgIpc) is 2.32. The summed E-state index contributed by atoms with van der Waals surface area (Å²) in [5.74, 6) is -4.67. The number of halogens is 4. The SMILES string of the molecule is Cc1cc(F)c(F)c(Oc2ccnc(Cl)n2)c1F. The molecule has 3 nitrogen and oxygen atoms in total. The molecule has 0 amide bonds. The van der Waals surface area contributed by atoms with Gasteiger partial charge in [-0.15, -0.1) is 0 Å². The van der Waals surface area contributed by atoms with E-state index < -0.39 is 23.2 Å². The van der Waals surface area contributed by atoms with Crippen LogP contribution in [-0.2, 0) is 0 Å². The van der Waals surface area contributed by atoms with E-state index >= 15 is 0 Å². The number of benzene rings is 1. The fraction of sp³-hybridized carbons (Fsp3) is 0.0909. The summed E-state index contributed by atoms with van der Waals surface area (Å²) >= 11 is 5.49. The van der Waals surface area contributed by atoms with Gasteiger partial charge in [-0.05, 0) is 30.2 Å². The van der Waals surface area contributed by atoms with Gasteiger partial charge in [0.1, 0.15) is 0 Å². The van der Waals surface area contributed by atoms with Crippen molar-refractivity contribution in [3.05, 3.63) is 46.6 Å². The largest absolute Gasteiger partial charge is 0.433 e. The van der Waals surface area contributed by atoms with Gasteiger partial charge >= 0.3 is 0 Å². The zero-order valence-corrected chi connectivity index (χ0v) is 9.80. The van der Waals surface area contributed by atoms with Crippen LogP contribution in [0.2, 0.25) is 5.28 Å². The molecule has 0 aliphatic heterocycles. The van der Waals surface area contributed by atoms with E-state index in [2.05, 4.69) is 9.97 Å². The summed E-state index contributed by atoms with van der Waals surface area (Å²) in [4.78, 5) is 7.16. The first kappa shape index (κ1) is 12.6. The van der Waals surface area contributed by atoms with Crippen LogP contribution in [0.4, 0.5) is 13.2 Å². The molecule has 0 aliphatic rings. The van der Waals surface area contributed by atoms with Gasteiger partial charge < -0.3 is 4.74 Å². The van der Waals surface area contributed by atoms with E-state index in [0.29, 0.717) is 0 Å². The second-order valence-electron chi connectivity index (χ2n) is 3.40. The van der Waals surface area contributed by atoms with Crippen LogP contribution < -0.4 is 4.74 Å². The molecule has 0 bridgehead atoms. The Morgan fingerprint density at radius 3 is 2.61 bits per heavy atom. The molecule has 1 heterocycles. The van der Waals surface area contributed by atoms with Crippen molar-refractivity contribution in [2.45, 2.75) is 6.92 Å². The first-order valence-corrected chi connectivity index (χ1v) is 5.17. The van der Waals surface area contributed by atoms with Crippen molar-refractivity contribution in [2.24, 2.45) is 0 Å². The highest BCUT2D eigenvalue weighted by atomic mass is 35.5. The molecule has 0 fully saturated rings. The van der Waals surface area contributed by atoms with Gasteiger partial charge in [0.25, 0.3) is 0 Å². The maximum atomic E-state index is 13.6. The van der Waals surface area contributed by atoms with Crippen LogP contribution in [0.1, 0.15) is 5.56 Å². The van der Waals surface area contributed by atoms with Crippen LogP contribution in [-0.4, -0.2) is 9.97 Å². The van der Waals surface area contributed by atoms with Crippen molar-refractivity contribution in [1.82, 2.24) is 9.97 Å². The summed E-state index contributed by atoms with van der Waals surface area (Å²) in [5.41, 5.74) is -0.0796. The fourth-order valence-electron chi connectivity index (χ4n) is 1.27. The Labute approximate surface area is 105 Å². The second-order valence-corrected chi connectivity index (χ2v) is 3.74. The summed E-state index contributed by atoms with van der Waals surface area (Å²) in [6.07, 6.45) is 1.24. The molecule has 2 rings (SSSR count). The van der Waals surface area contributed by atoms with E-state index in [9.17, 15) is 13.2 Å². The van der Waals surface area contributed by atoms with Gasteiger partial charge in [-0.25, -0.2) is 13.8 Å². The van der Waals surface area contributed by atoms with Crippen LogP contribution in [0.5, 0.6) is 11.6 Å². The Kier molecular flexibility index (Phi) is 3.38. The van der Waals surface area contributed by atoms with Crippen molar-refractivity contribution < 1.29 is 17.9 Å². The van der Waals surface area contributed by atoms with E-state index in [0.717, 1.165) is 6.07 Å². The molecule has 1 aromatic carbocycles. The molecule has 0 N–H and O–H groups in total. The molecule has 0 atom stereocenters.